The number of aldehydes is 1. The Morgan fingerprint density at radius 3 is 2.84 bits per heavy atom. The molecule has 1 aliphatic rings. The van der Waals surface area contributed by atoms with Crippen molar-refractivity contribution < 1.29 is 14.3 Å². The van der Waals surface area contributed by atoms with Gasteiger partial charge in [-0.3, -0.25) is 9.59 Å². The topological polar surface area (TPSA) is 55.4 Å². The summed E-state index contributed by atoms with van der Waals surface area (Å²) in [4.78, 5) is 22.6. The van der Waals surface area contributed by atoms with Crippen LogP contribution in [0.3, 0.4) is 0 Å². The van der Waals surface area contributed by atoms with Crippen LogP contribution in [0, 0.1) is 6.92 Å². The lowest BCUT2D eigenvalue weighted by molar-refractivity contribution is -0.123. The van der Waals surface area contributed by atoms with Gasteiger partial charge in [0.15, 0.2) is 12.9 Å². The maximum atomic E-state index is 11.7. The Bertz CT molecular complexity index is 464. The third-order valence-corrected chi connectivity index (χ3v) is 3.37. The zero-order valence-corrected chi connectivity index (χ0v) is 11.1. The van der Waals surface area contributed by atoms with Crippen LogP contribution in [0.1, 0.15) is 41.6 Å². The summed E-state index contributed by atoms with van der Waals surface area (Å²) in [5.41, 5.74) is 1.47. The Labute approximate surface area is 113 Å². The first-order valence-electron chi connectivity index (χ1n) is 6.67. The molecule has 4 nitrogen and oxygen atoms in total. The van der Waals surface area contributed by atoms with Crippen LogP contribution < -0.4 is 10.1 Å². The van der Waals surface area contributed by atoms with E-state index in [-0.39, 0.29) is 12.5 Å². The van der Waals surface area contributed by atoms with Gasteiger partial charge in [0.2, 0.25) is 0 Å². The number of carbonyl (C=O) groups excluding carboxylic acids is 2. The number of amides is 1. The number of aryl methyl sites for hydroxylation is 1. The van der Waals surface area contributed by atoms with Gasteiger partial charge in [-0.15, -0.1) is 0 Å². The first-order chi connectivity index (χ1) is 9.19. The van der Waals surface area contributed by atoms with Crippen molar-refractivity contribution in [3.8, 4) is 5.75 Å². The molecule has 1 fully saturated rings. The molecule has 0 radical (unpaired) electrons. The smallest absolute Gasteiger partial charge is 0.258 e. The summed E-state index contributed by atoms with van der Waals surface area (Å²) in [6.45, 7) is 1.87. The molecule has 0 unspecified atom stereocenters. The largest absolute Gasteiger partial charge is 0.483 e. The van der Waals surface area contributed by atoms with Crippen molar-refractivity contribution in [2.24, 2.45) is 0 Å². The van der Waals surface area contributed by atoms with Crippen LogP contribution in [0.15, 0.2) is 18.2 Å². The van der Waals surface area contributed by atoms with E-state index < -0.39 is 0 Å². The normalized spacial score (nSPS) is 15.2. The molecular formula is C15H19NO3. The lowest BCUT2D eigenvalue weighted by Gasteiger charge is -2.13. The van der Waals surface area contributed by atoms with Gasteiger partial charge >= 0.3 is 0 Å². The minimum absolute atomic E-state index is 0.0413. The Morgan fingerprint density at radius 1 is 1.42 bits per heavy atom. The predicted octanol–water partition coefficient (Wildman–Crippen LogP) is 2.25. The summed E-state index contributed by atoms with van der Waals surface area (Å²) in [6, 6.07) is 5.62. The molecule has 1 aromatic rings. The zero-order valence-electron chi connectivity index (χ0n) is 11.1. The monoisotopic (exact) mass is 261 g/mol. The average molecular weight is 261 g/mol. The van der Waals surface area contributed by atoms with Gasteiger partial charge in [-0.2, -0.15) is 0 Å². The summed E-state index contributed by atoms with van der Waals surface area (Å²) in [5.74, 6) is 0.339. The molecular weight excluding hydrogens is 242 g/mol. The van der Waals surface area contributed by atoms with Crippen molar-refractivity contribution in [3.05, 3.63) is 29.3 Å². The number of rotatable bonds is 5. The summed E-state index contributed by atoms with van der Waals surface area (Å²) < 4.78 is 5.41. The van der Waals surface area contributed by atoms with Crippen LogP contribution in [-0.4, -0.2) is 24.8 Å². The maximum Gasteiger partial charge on any atom is 0.258 e. The van der Waals surface area contributed by atoms with Crippen molar-refractivity contribution >= 4 is 12.2 Å². The van der Waals surface area contributed by atoms with Crippen molar-refractivity contribution in [2.45, 2.75) is 38.6 Å². The second-order valence-electron chi connectivity index (χ2n) is 5.00. The molecule has 1 N–H and O–H groups in total. The summed E-state index contributed by atoms with van der Waals surface area (Å²) in [7, 11) is 0. The highest BCUT2D eigenvalue weighted by atomic mass is 16.5. The van der Waals surface area contributed by atoms with Crippen LogP contribution in [0.2, 0.25) is 0 Å². The minimum Gasteiger partial charge on any atom is -0.483 e. The standard InChI is InChI=1S/C15H19NO3/c1-11-6-7-14(12(8-11)9-17)19-10-15(18)16-13-4-2-3-5-13/h6-9,13H,2-5,10H2,1H3,(H,16,18). The van der Waals surface area contributed by atoms with E-state index in [4.69, 9.17) is 4.74 Å². The van der Waals surface area contributed by atoms with E-state index in [1.807, 2.05) is 13.0 Å². The van der Waals surface area contributed by atoms with Crippen LogP contribution in [0.4, 0.5) is 0 Å². The molecule has 0 bridgehead atoms. The molecule has 0 heterocycles. The molecule has 102 valence electrons. The first kappa shape index (κ1) is 13.6. The highest BCUT2D eigenvalue weighted by Crippen LogP contribution is 2.19. The van der Waals surface area contributed by atoms with Gasteiger partial charge in [0.25, 0.3) is 5.91 Å². The highest BCUT2D eigenvalue weighted by molar-refractivity contribution is 5.81. The van der Waals surface area contributed by atoms with Gasteiger partial charge in [-0.05, 0) is 31.9 Å². The lowest BCUT2D eigenvalue weighted by atomic mass is 10.1. The Balaban J connectivity index is 1.87. The summed E-state index contributed by atoms with van der Waals surface area (Å²) in [5, 5.41) is 2.95. The van der Waals surface area contributed by atoms with Crippen LogP contribution in [-0.2, 0) is 4.79 Å². The molecule has 0 saturated heterocycles. The van der Waals surface area contributed by atoms with Crippen molar-refractivity contribution in [3.63, 3.8) is 0 Å². The minimum atomic E-state index is -0.121. The molecule has 1 saturated carbocycles. The second-order valence-corrected chi connectivity index (χ2v) is 5.00. The number of ether oxygens (including phenoxy) is 1. The quantitative estimate of drug-likeness (QED) is 0.827. The van der Waals surface area contributed by atoms with E-state index in [1.165, 1.54) is 12.8 Å². The van der Waals surface area contributed by atoms with Crippen LogP contribution in [0.5, 0.6) is 5.75 Å². The van der Waals surface area contributed by atoms with E-state index in [0.717, 1.165) is 24.7 Å². The average Bonchev–Trinajstić information content (AvgIpc) is 2.90. The SMILES string of the molecule is Cc1ccc(OCC(=O)NC2CCCC2)c(C=O)c1. The number of hydrogen-bond donors (Lipinski definition) is 1. The number of hydrogen-bond acceptors (Lipinski definition) is 3. The Kier molecular flexibility index (Phi) is 4.55. The molecule has 0 aromatic heterocycles. The Morgan fingerprint density at radius 2 is 2.16 bits per heavy atom. The molecule has 0 spiro atoms. The van der Waals surface area contributed by atoms with Gasteiger partial charge < -0.3 is 10.1 Å². The Hall–Kier alpha value is -1.84. The number of nitrogens with one attached hydrogen (secondary N) is 1. The van der Waals surface area contributed by atoms with E-state index in [0.29, 0.717) is 17.4 Å². The summed E-state index contributed by atoms with van der Waals surface area (Å²) in [6.07, 6.45) is 5.21. The van der Waals surface area contributed by atoms with Gasteiger partial charge in [-0.25, -0.2) is 0 Å². The second kappa shape index (κ2) is 6.36. The van der Waals surface area contributed by atoms with Crippen LogP contribution >= 0.6 is 0 Å². The molecule has 4 heteroatoms. The molecule has 1 aliphatic carbocycles. The predicted molar refractivity (Wildman–Crippen MR) is 72.5 cm³/mol. The molecule has 0 atom stereocenters. The summed E-state index contributed by atoms with van der Waals surface area (Å²) >= 11 is 0. The van der Waals surface area contributed by atoms with E-state index in [2.05, 4.69) is 5.32 Å². The fraction of sp³-hybridized carbons (Fsp3) is 0.467. The third kappa shape index (κ3) is 3.81. The first-order valence-corrected chi connectivity index (χ1v) is 6.67. The molecule has 0 aliphatic heterocycles. The third-order valence-electron chi connectivity index (χ3n) is 3.37. The van der Waals surface area contributed by atoms with Gasteiger partial charge in [-0.1, -0.05) is 24.5 Å². The fourth-order valence-corrected chi connectivity index (χ4v) is 2.37. The molecule has 1 amide bonds. The van der Waals surface area contributed by atoms with Gasteiger partial charge in [0.1, 0.15) is 5.75 Å². The maximum absolute atomic E-state index is 11.7. The van der Waals surface area contributed by atoms with E-state index >= 15 is 0 Å². The number of benzene rings is 1. The molecule has 19 heavy (non-hydrogen) atoms. The van der Waals surface area contributed by atoms with E-state index in [1.54, 1.807) is 12.1 Å². The highest BCUT2D eigenvalue weighted by Gasteiger charge is 2.17. The van der Waals surface area contributed by atoms with Crippen molar-refractivity contribution in [2.75, 3.05) is 6.61 Å². The van der Waals surface area contributed by atoms with Crippen LogP contribution in [0.25, 0.3) is 0 Å². The molecule has 1 aromatic carbocycles. The van der Waals surface area contributed by atoms with Crippen molar-refractivity contribution in [1.82, 2.24) is 5.32 Å². The van der Waals surface area contributed by atoms with E-state index in [9.17, 15) is 9.59 Å². The zero-order chi connectivity index (χ0) is 13.7. The van der Waals surface area contributed by atoms with Crippen molar-refractivity contribution in [1.29, 1.82) is 0 Å². The van der Waals surface area contributed by atoms with Gasteiger partial charge in [0.05, 0.1) is 5.56 Å². The van der Waals surface area contributed by atoms with Gasteiger partial charge in [0, 0.05) is 6.04 Å². The fourth-order valence-electron chi connectivity index (χ4n) is 2.37. The molecule has 2 rings (SSSR count). The number of carbonyl (C=O) groups is 2. The lowest BCUT2D eigenvalue weighted by Crippen LogP contribution is -2.36.